The van der Waals surface area contributed by atoms with Gasteiger partial charge in [0.25, 0.3) is 0 Å². The number of nitrogens with zero attached hydrogens (tertiary/aromatic N) is 1. The molecule has 0 aromatic rings. The molecule has 7 nitrogen and oxygen atoms in total. The molecule has 1 heterocycles. The Hall–Kier alpha value is -2.12. The van der Waals surface area contributed by atoms with Gasteiger partial charge in [-0.2, -0.15) is 0 Å². The van der Waals surface area contributed by atoms with Crippen molar-refractivity contribution in [3.63, 3.8) is 0 Å². The second-order valence-electron chi connectivity index (χ2n) is 9.66. The number of hydrogen-bond acceptors (Lipinski definition) is 7. The molecule has 7 heteroatoms. The number of Topliss-reactive ketones (excluding diaryl/α,β-unsaturated/α-hetero) is 1. The first kappa shape index (κ1) is 23.1. The van der Waals surface area contributed by atoms with Crippen molar-refractivity contribution >= 4 is 11.8 Å². The molecule has 3 aliphatic carbocycles. The maximum absolute atomic E-state index is 13.6. The number of ether oxygens (including phenoxy) is 2. The summed E-state index contributed by atoms with van der Waals surface area (Å²) < 4.78 is 11.2. The Bertz CT molecular complexity index is 929. The van der Waals surface area contributed by atoms with E-state index in [9.17, 15) is 19.8 Å². The van der Waals surface area contributed by atoms with E-state index in [4.69, 9.17) is 9.47 Å². The van der Waals surface area contributed by atoms with Gasteiger partial charge in [-0.1, -0.05) is 6.92 Å². The average Bonchev–Trinajstić information content (AvgIpc) is 3.07. The van der Waals surface area contributed by atoms with Gasteiger partial charge in [-0.15, -0.1) is 0 Å². The Kier molecular flexibility index (Phi) is 5.78. The summed E-state index contributed by atoms with van der Waals surface area (Å²) in [6.45, 7) is 9.27. The molecule has 4 rings (SSSR count). The lowest BCUT2D eigenvalue weighted by Crippen LogP contribution is -2.53. The van der Waals surface area contributed by atoms with Gasteiger partial charge in [0.2, 0.25) is 5.78 Å². The molecule has 2 fully saturated rings. The topological polar surface area (TPSA) is 96.3 Å². The van der Waals surface area contributed by atoms with Crippen LogP contribution in [0.5, 0.6) is 0 Å². The van der Waals surface area contributed by atoms with Crippen LogP contribution in [0, 0.1) is 23.2 Å². The lowest BCUT2D eigenvalue weighted by Gasteiger charge is -2.51. The summed E-state index contributed by atoms with van der Waals surface area (Å²) in [7, 11) is 1.53. The lowest BCUT2D eigenvalue weighted by molar-refractivity contribution is -0.156. The summed E-state index contributed by atoms with van der Waals surface area (Å²) in [5, 5.41) is 21.9. The Morgan fingerprint density at radius 1 is 1.25 bits per heavy atom. The largest absolute Gasteiger partial charge is 0.504 e. The maximum Gasteiger partial charge on any atom is 0.340 e. The van der Waals surface area contributed by atoms with Crippen molar-refractivity contribution in [3.8, 4) is 0 Å². The van der Waals surface area contributed by atoms with Crippen molar-refractivity contribution in [2.45, 2.75) is 59.2 Å². The third-order valence-corrected chi connectivity index (χ3v) is 8.11. The summed E-state index contributed by atoms with van der Waals surface area (Å²) >= 11 is 0. The maximum atomic E-state index is 13.6. The van der Waals surface area contributed by atoms with E-state index in [0.717, 1.165) is 0 Å². The average molecular weight is 444 g/mol. The van der Waals surface area contributed by atoms with Crippen LogP contribution in [-0.2, 0) is 19.1 Å². The predicted molar refractivity (Wildman–Crippen MR) is 117 cm³/mol. The molecule has 0 unspecified atom stereocenters. The number of aliphatic hydroxyl groups excluding tert-OH is 2. The van der Waals surface area contributed by atoms with Crippen LogP contribution in [0.2, 0.25) is 0 Å². The SMILES string of the molecule is CCN(/C=C1/C(=O)O[C@H](COC)[C@]2(C)C3=C(C(=O)C(O)=C12)[C@@H]1CC[C@H](O)[C@@]1(C)C[C]3)CC. The van der Waals surface area contributed by atoms with E-state index in [1.807, 2.05) is 32.6 Å². The highest BCUT2D eigenvalue weighted by molar-refractivity contribution is 6.13. The van der Waals surface area contributed by atoms with Gasteiger partial charge in [0, 0.05) is 49.4 Å². The zero-order chi connectivity index (χ0) is 23.4. The number of carbonyl (C=O) groups is 2. The standard InChI is InChI=1S/C25H33NO6/c1-6-26(7-2)12-14-20-22(29)21(28)19-15-8-9-17(27)24(15,3)11-10-16(19)25(20,4)18(13-31-5)32-23(14)30/h12,15,17-18,27,29H,6-9,11,13H2,1-5H3/b14-12+/t15-,17-,18+,24-,25-/m0/s1. The van der Waals surface area contributed by atoms with E-state index >= 15 is 0 Å². The second kappa shape index (κ2) is 8.03. The van der Waals surface area contributed by atoms with E-state index in [-0.39, 0.29) is 18.1 Å². The number of allylic oxidation sites excluding steroid dienone is 1. The number of rotatable bonds is 5. The Morgan fingerprint density at radius 3 is 2.56 bits per heavy atom. The van der Waals surface area contributed by atoms with Crippen LogP contribution < -0.4 is 0 Å². The summed E-state index contributed by atoms with van der Waals surface area (Å²) in [5.41, 5.74) is 0.186. The van der Waals surface area contributed by atoms with Crippen molar-refractivity contribution in [2.24, 2.45) is 16.7 Å². The third kappa shape index (κ3) is 3.00. The van der Waals surface area contributed by atoms with Gasteiger partial charge in [-0.25, -0.2) is 4.79 Å². The number of methoxy groups -OCH3 is 1. The summed E-state index contributed by atoms with van der Waals surface area (Å²) in [6.07, 6.45) is 5.63. The van der Waals surface area contributed by atoms with E-state index < -0.39 is 40.5 Å². The van der Waals surface area contributed by atoms with Gasteiger partial charge in [-0.3, -0.25) is 4.79 Å². The Balaban J connectivity index is 1.94. The van der Waals surface area contributed by atoms with E-state index in [1.54, 1.807) is 6.20 Å². The number of esters is 1. The summed E-state index contributed by atoms with van der Waals surface area (Å²) in [5.74, 6) is -1.64. The van der Waals surface area contributed by atoms with Gasteiger partial charge >= 0.3 is 5.97 Å². The number of aliphatic hydroxyl groups is 2. The van der Waals surface area contributed by atoms with Crippen LogP contribution in [0.3, 0.4) is 0 Å². The number of cyclic esters (lactones) is 1. The molecule has 1 aliphatic heterocycles. The minimum absolute atomic E-state index is 0.120. The van der Waals surface area contributed by atoms with Gasteiger partial charge in [0.15, 0.2) is 5.76 Å². The molecule has 2 radical (unpaired) electrons. The first-order valence-electron chi connectivity index (χ1n) is 11.5. The molecular weight excluding hydrogens is 410 g/mol. The molecule has 1 saturated heterocycles. The van der Waals surface area contributed by atoms with Crippen molar-refractivity contribution in [1.29, 1.82) is 0 Å². The fourth-order valence-electron chi connectivity index (χ4n) is 6.03. The predicted octanol–water partition coefficient (Wildman–Crippen LogP) is 2.74. The van der Waals surface area contributed by atoms with E-state index in [0.29, 0.717) is 49.1 Å². The van der Waals surface area contributed by atoms with Crippen molar-refractivity contribution < 1.29 is 29.3 Å². The van der Waals surface area contributed by atoms with Crippen molar-refractivity contribution in [3.05, 3.63) is 40.7 Å². The minimum atomic E-state index is -0.981. The van der Waals surface area contributed by atoms with Gasteiger partial charge in [0.05, 0.1) is 23.7 Å². The molecular formula is C25H33NO6. The zero-order valence-electron chi connectivity index (χ0n) is 19.5. The van der Waals surface area contributed by atoms with Gasteiger partial charge in [0.1, 0.15) is 6.10 Å². The van der Waals surface area contributed by atoms with E-state index in [1.165, 1.54) is 7.11 Å². The van der Waals surface area contributed by atoms with Crippen molar-refractivity contribution in [2.75, 3.05) is 26.8 Å². The minimum Gasteiger partial charge on any atom is -0.504 e. The fraction of sp³-hybridized carbons (Fsp3) is 0.640. The Labute approximate surface area is 189 Å². The number of fused-ring (bicyclic) bond motifs is 4. The van der Waals surface area contributed by atoms with Crippen LogP contribution in [-0.4, -0.2) is 65.9 Å². The highest BCUT2D eigenvalue weighted by Crippen LogP contribution is 2.62. The molecule has 2 N–H and O–H groups in total. The monoisotopic (exact) mass is 443 g/mol. The molecule has 1 saturated carbocycles. The molecule has 5 atom stereocenters. The van der Waals surface area contributed by atoms with Crippen LogP contribution in [0.25, 0.3) is 0 Å². The quantitative estimate of drug-likeness (QED) is 0.498. The smallest absolute Gasteiger partial charge is 0.340 e. The zero-order valence-corrected chi connectivity index (χ0v) is 19.5. The molecule has 0 spiro atoms. The molecule has 0 bridgehead atoms. The second-order valence-corrected chi connectivity index (χ2v) is 9.66. The number of carbonyl (C=O) groups excluding carboxylic acids is 2. The highest BCUT2D eigenvalue weighted by atomic mass is 16.6. The molecule has 0 aromatic carbocycles. The number of hydrogen-bond donors (Lipinski definition) is 2. The third-order valence-electron chi connectivity index (χ3n) is 8.11. The highest BCUT2D eigenvalue weighted by Gasteiger charge is 2.61. The van der Waals surface area contributed by atoms with Crippen LogP contribution >= 0.6 is 0 Å². The van der Waals surface area contributed by atoms with Gasteiger partial charge < -0.3 is 24.6 Å². The summed E-state index contributed by atoms with van der Waals surface area (Å²) in [6, 6.07) is 0. The first-order chi connectivity index (χ1) is 15.1. The Morgan fingerprint density at radius 2 is 1.94 bits per heavy atom. The van der Waals surface area contributed by atoms with Gasteiger partial charge in [-0.05, 0) is 51.5 Å². The van der Waals surface area contributed by atoms with Crippen LogP contribution in [0.4, 0.5) is 0 Å². The molecule has 174 valence electrons. The molecule has 0 aromatic heterocycles. The normalized spacial score (nSPS) is 37.9. The summed E-state index contributed by atoms with van der Waals surface area (Å²) in [4.78, 5) is 28.5. The van der Waals surface area contributed by atoms with E-state index in [2.05, 4.69) is 6.42 Å². The first-order valence-corrected chi connectivity index (χ1v) is 11.5. The lowest BCUT2D eigenvalue weighted by atomic mass is 9.54. The molecule has 0 amide bonds. The molecule has 4 aliphatic rings. The fourth-order valence-corrected chi connectivity index (χ4v) is 6.03. The van der Waals surface area contributed by atoms with Crippen LogP contribution in [0.15, 0.2) is 34.3 Å². The van der Waals surface area contributed by atoms with Crippen LogP contribution in [0.1, 0.15) is 47.0 Å². The number of ketones is 1. The molecule has 32 heavy (non-hydrogen) atoms. The van der Waals surface area contributed by atoms with Crippen molar-refractivity contribution in [1.82, 2.24) is 4.90 Å².